The number of hydrogen-bond acceptors (Lipinski definition) is 0. The third-order valence-electron chi connectivity index (χ3n) is 0. The van der Waals surface area contributed by atoms with Crippen LogP contribution in [0.2, 0.25) is 0 Å². The Bertz CT molecular complexity index is 73.1. The van der Waals surface area contributed by atoms with Crippen LogP contribution >= 0.6 is 19.1 Å². The summed E-state index contributed by atoms with van der Waals surface area (Å²) in [6, 6.07) is 0. The molecule has 0 aliphatic heterocycles. The Labute approximate surface area is 107 Å². The summed E-state index contributed by atoms with van der Waals surface area (Å²) in [4.78, 5) is 0. The summed E-state index contributed by atoms with van der Waals surface area (Å²) < 4.78 is 0. The summed E-state index contributed by atoms with van der Waals surface area (Å²) in [5.74, 6) is 0. The Morgan fingerprint density at radius 1 is 0.917 bits per heavy atom. The molecule has 0 spiro atoms. The van der Waals surface area contributed by atoms with Gasteiger partial charge < -0.3 is 0 Å². The molecule has 0 aromatic carbocycles. The zero-order valence-corrected chi connectivity index (χ0v) is 11.8. The molecule has 12 heavy (non-hydrogen) atoms. The van der Waals surface area contributed by atoms with Crippen molar-refractivity contribution in [2.24, 2.45) is 0 Å². The Balaban J connectivity index is -0.0000000380. The van der Waals surface area contributed by atoms with E-state index in [1.807, 2.05) is 13.8 Å². The van der Waals surface area contributed by atoms with Gasteiger partial charge in [-0.05, 0) is 0 Å². The van der Waals surface area contributed by atoms with Gasteiger partial charge in [0.2, 0.25) is 0 Å². The van der Waals surface area contributed by atoms with Crippen LogP contribution in [-0.2, 0) is 36.4 Å². The molecule has 0 aliphatic rings. The SMILES string of the molecule is C=C([CH2-])C.C=C([CH2-])C.[Cl][Pd+].[Cl][Pd+]. The van der Waals surface area contributed by atoms with Crippen molar-refractivity contribution in [3.63, 3.8) is 0 Å². The van der Waals surface area contributed by atoms with Crippen LogP contribution in [-0.4, -0.2) is 0 Å². The molecule has 0 radical (unpaired) electrons. The number of rotatable bonds is 0. The summed E-state index contributed by atoms with van der Waals surface area (Å²) in [6.07, 6.45) is 0. The first-order valence-electron chi connectivity index (χ1n) is 2.65. The molecule has 0 saturated heterocycles. The van der Waals surface area contributed by atoms with E-state index < -0.39 is 0 Å². The summed E-state index contributed by atoms with van der Waals surface area (Å²) in [7, 11) is 8.98. The van der Waals surface area contributed by atoms with Gasteiger partial charge in [0, 0.05) is 0 Å². The predicted octanol–water partition coefficient (Wildman–Crippen LogP) is 4.17. The van der Waals surface area contributed by atoms with Gasteiger partial charge in [0.05, 0.1) is 0 Å². The van der Waals surface area contributed by atoms with Crippen LogP contribution in [0, 0.1) is 13.8 Å². The molecule has 0 amide bonds. The molecule has 0 atom stereocenters. The standard InChI is InChI=1S/2C4H7.2ClH.2Pd/c2*1-4(2)3;;;;/h2*1-2H2,3H3;2*1H;;/q2*-1;;;2*+2/p-2. The van der Waals surface area contributed by atoms with Crippen LogP contribution in [0.4, 0.5) is 0 Å². The van der Waals surface area contributed by atoms with Crippen LogP contribution in [0.1, 0.15) is 13.8 Å². The molecule has 0 aromatic rings. The van der Waals surface area contributed by atoms with Gasteiger partial charge >= 0.3 is 55.4 Å². The molecule has 0 heterocycles. The van der Waals surface area contributed by atoms with E-state index in [9.17, 15) is 0 Å². The fourth-order valence-corrected chi connectivity index (χ4v) is 0. The van der Waals surface area contributed by atoms with Crippen LogP contribution < -0.4 is 0 Å². The van der Waals surface area contributed by atoms with Crippen LogP contribution in [0.5, 0.6) is 0 Å². The summed E-state index contributed by atoms with van der Waals surface area (Å²) >= 11 is 4.44. The monoisotopic (exact) mass is 392 g/mol. The van der Waals surface area contributed by atoms with Gasteiger partial charge in [-0.3, -0.25) is 0 Å². The van der Waals surface area contributed by atoms with Crippen molar-refractivity contribution in [3.05, 3.63) is 38.2 Å². The first-order chi connectivity index (χ1) is 5.46. The molecule has 80 valence electrons. The second kappa shape index (κ2) is 29.6. The fourth-order valence-electron chi connectivity index (χ4n) is 0. The third kappa shape index (κ3) is 902. The minimum absolute atomic E-state index is 0.917. The number of hydrogen-bond donors (Lipinski definition) is 0. The number of allylic oxidation sites excluding steroid dienone is 2. The van der Waals surface area contributed by atoms with Crippen molar-refractivity contribution >= 4 is 19.1 Å². The van der Waals surface area contributed by atoms with E-state index in [0.29, 0.717) is 0 Å². The second-order valence-corrected chi connectivity index (χ2v) is 1.91. The molecule has 0 fully saturated rings. The van der Waals surface area contributed by atoms with E-state index in [0.717, 1.165) is 11.1 Å². The minimum atomic E-state index is 0.917. The number of halogens is 2. The summed E-state index contributed by atoms with van der Waals surface area (Å²) in [6.45, 7) is 17.5. The van der Waals surface area contributed by atoms with E-state index >= 15 is 0 Å². The van der Waals surface area contributed by atoms with Crippen molar-refractivity contribution in [3.8, 4) is 0 Å². The Hall–Kier alpha value is 1.12. The second-order valence-electron chi connectivity index (χ2n) is 1.91. The van der Waals surface area contributed by atoms with Gasteiger partial charge in [0.15, 0.2) is 0 Å². The normalized spacial score (nSPS) is 5.33. The molecule has 0 rings (SSSR count). The third-order valence-corrected chi connectivity index (χ3v) is 0. The van der Waals surface area contributed by atoms with E-state index in [1.54, 1.807) is 0 Å². The Morgan fingerprint density at radius 3 is 0.917 bits per heavy atom. The Kier molecular flexibility index (Phi) is 57.1. The maximum absolute atomic E-state index is 4.49. The molecule has 0 N–H and O–H groups in total. The van der Waals surface area contributed by atoms with Gasteiger partial charge in [0.1, 0.15) is 0 Å². The summed E-state index contributed by atoms with van der Waals surface area (Å²) in [5, 5.41) is 0. The van der Waals surface area contributed by atoms with E-state index in [1.165, 1.54) is 0 Å². The van der Waals surface area contributed by atoms with E-state index in [4.69, 9.17) is 0 Å². The van der Waals surface area contributed by atoms with Crippen LogP contribution in [0.25, 0.3) is 0 Å². The molecule has 0 unspecified atom stereocenters. The molecular formula is C8H14Cl2Pd2. The first kappa shape index (κ1) is 23.2. The molecule has 4 heteroatoms. The van der Waals surface area contributed by atoms with Crippen molar-refractivity contribution in [1.29, 1.82) is 0 Å². The molecule has 0 nitrogen and oxygen atoms in total. The van der Waals surface area contributed by atoms with Gasteiger partial charge in [-0.2, -0.15) is 0 Å². The first-order valence-corrected chi connectivity index (χ1v) is 6.66. The van der Waals surface area contributed by atoms with Crippen molar-refractivity contribution in [2.45, 2.75) is 13.8 Å². The average Bonchev–Trinajstić information content (AvgIpc) is 1.93. The van der Waals surface area contributed by atoms with Gasteiger partial charge in [0.25, 0.3) is 0 Å². The molecule has 0 aliphatic carbocycles. The van der Waals surface area contributed by atoms with Crippen molar-refractivity contribution in [2.75, 3.05) is 0 Å². The van der Waals surface area contributed by atoms with Crippen molar-refractivity contribution in [1.82, 2.24) is 0 Å². The van der Waals surface area contributed by atoms with Crippen LogP contribution in [0.15, 0.2) is 24.3 Å². The molecule has 0 saturated carbocycles. The fraction of sp³-hybridized carbons (Fsp3) is 0.250. The van der Waals surface area contributed by atoms with Crippen molar-refractivity contribution < 1.29 is 36.4 Å². The topological polar surface area (TPSA) is 0 Å². The molecule has 0 aromatic heterocycles. The van der Waals surface area contributed by atoms with Gasteiger partial charge in [-0.15, -0.1) is 0 Å². The summed E-state index contributed by atoms with van der Waals surface area (Å²) in [5.41, 5.74) is 1.83. The van der Waals surface area contributed by atoms with E-state index in [2.05, 4.69) is 82.4 Å². The predicted molar refractivity (Wildman–Crippen MR) is 52.0 cm³/mol. The van der Waals surface area contributed by atoms with E-state index in [-0.39, 0.29) is 0 Å². The average molecular weight is 394 g/mol. The van der Waals surface area contributed by atoms with Gasteiger partial charge in [-0.1, -0.05) is 13.8 Å². The molecular weight excluding hydrogens is 380 g/mol. The van der Waals surface area contributed by atoms with Crippen LogP contribution in [0.3, 0.4) is 0 Å². The Morgan fingerprint density at radius 2 is 0.917 bits per heavy atom. The zero-order chi connectivity index (χ0) is 11.2. The van der Waals surface area contributed by atoms with Gasteiger partial charge in [-0.25, -0.2) is 38.2 Å². The zero-order valence-electron chi connectivity index (χ0n) is 7.22. The quantitative estimate of drug-likeness (QED) is 0.428. The molecule has 0 bridgehead atoms. The maximum atomic E-state index is 4.49.